The Morgan fingerprint density at radius 3 is 2.20 bits per heavy atom. The molecule has 1 aliphatic carbocycles. The third kappa shape index (κ3) is 6.06. The van der Waals surface area contributed by atoms with Crippen LogP contribution >= 0.6 is 24.8 Å². The molecule has 3 rings (SSSR count). The van der Waals surface area contributed by atoms with Crippen LogP contribution in [0.15, 0.2) is 12.1 Å². The third-order valence-corrected chi connectivity index (χ3v) is 6.06. The first kappa shape index (κ1) is 26.6. The molecular formula is C21H35Cl2N3O4. The number of hydrogen-bond acceptors (Lipinski definition) is 6. The topological polar surface area (TPSA) is 77.3 Å². The number of nitrogens with two attached hydrogens (primary N) is 1. The van der Waals surface area contributed by atoms with Gasteiger partial charge >= 0.3 is 0 Å². The third-order valence-electron chi connectivity index (χ3n) is 6.06. The van der Waals surface area contributed by atoms with Crippen molar-refractivity contribution in [3.05, 3.63) is 17.7 Å². The molecular weight excluding hydrogens is 429 g/mol. The lowest BCUT2D eigenvalue weighted by atomic mass is 9.99. The van der Waals surface area contributed by atoms with Crippen molar-refractivity contribution in [2.45, 2.75) is 38.3 Å². The maximum Gasteiger partial charge on any atom is 0.222 e. The molecule has 1 aromatic rings. The Morgan fingerprint density at radius 2 is 1.67 bits per heavy atom. The van der Waals surface area contributed by atoms with E-state index in [2.05, 4.69) is 4.90 Å². The summed E-state index contributed by atoms with van der Waals surface area (Å²) < 4.78 is 16.4. The number of methoxy groups -OCH3 is 3. The van der Waals surface area contributed by atoms with Crippen LogP contribution < -0.4 is 19.9 Å². The summed E-state index contributed by atoms with van der Waals surface area (Å²) in [5.41, 5.74) is 7.18. The van der Waals surface area contributed by atoms with Crippen molar-refractivity contribution < 1.29 is 19.0 Å². The van der Waals surface area contributed by atoms with Gasteiger partial charge in [-0.05, 0) is 24.8 Å². The maximum atomic E-state index is 12.6. The average Bonchev–Trinajstić information content (AvgIpc) is 3.12. The van der Waals surface area contributed by atoms with E-state index < -0.39 is 0 Å². The molecule has 2 atom stereocenters. The lowest BCUT2D eigenvalue weighted by Crippen LogP contribution is -2.49. The number of piperazine rings is 1. The van der Waals surface area contributed by atoms with E-state index in [0.717, 1.165) is 57.5 Å². The maximum absolute atomic E-state index is 12.6. The predicted octanol–water partition coefficient (Wildman–Crippen LogP) is 2.72. The molecule has 1 aliphatic heterocycles. The van der Waals surface area contributed by atoms with Crippen molar-refractivity contribution in [1.29, 1.82) is 0 Å². The van der Waals surface area contributed by atoms with Crippen LogP contribution in [0.4, 0.5) is 0 Å². The van der Waals surface area contributed by atoms with Crippen molar-refractivity contribution in [2.75, 3.05) is 47.5 Å². The van der Waals surface area contributed by atoms with Crippen molar-refractivity contribution in [1.82, 2.24) is 9.80 Å². The summed E-state index contributed by atoms with van der Waals surface area (Å²) >= 11 is 0. The van der Waals surface area contributed by atoms with Crippen molar-refractivity contribution >= 4 is 30.7 Å². The van der Waals surface area contributed by atoms with Gasteiger partial charge in [0.25, 0.3) is 0 Å². The monoisotopic (exact) mass is 463 g/mol. The average molecular weight is 464 g/mol. The summed E-state index contributed by atoms with van der Waals surface area (Å²) in [6, 6.07) is 4.11. The van der Waals surface area contributed by atoms with Crippen LogP contribution in [-0.2, 0) is 11.3 Å². The van der Waals surface area contributed by atoms with E-state index in [1.165, 1.54) is 0 Å². The lowest BCUT2D eigenvalue weighted by molar-refractivity contribution is -0.134. The normalized spacial score (nSPS) is 21.4. The van der Waals surface area contributed by atoms with Gasteiger partial charge in [-0.2, -0.15) is 0 Å². The molecule has 2 fully saturated rings. The number of carbonyl (C=O) groups is 1. The molecule has 1 saturated heterocycles. The number of nitrogens with zero attached hydrogens (tertiary/aromatic N) is 2. The molecule has 2 aliphatic rings. The standard InChI is InChI=1S/C21H33N3O4.2ClH/c1-26-18-8-7-16(20(27-2)21(18)28-3)14-23-9-11-24(12-10-23)19(25)13-15-5-4-6-17(15)22;;/h7-8,15,17H,4-6,9-14,22H2,1-3H3;2*1H/t15-,17+;;/m0../s1. The number of benzene rings is 1. The highest BCUT2D eigenvalue weighted by Gasteiger charge is 2.29. The molecule has 0 bridgehead atoms. The van der Waals surface area contributed by atoms with Gasteiger partial charge in [-0.15, -0.1) is 24.8 Å². The van der Waals surface area contributed by atoms with Crippen LogP contribution in [0.3, 0.4) is 0 Å². The van der Waals surface area contributed by atoms with Gasteiger partial charge in [0, 0.05) is 50.7 Å². The van der Waals surface area contributed by atoms with Crippen LogP contribution in [0.2, 0.25) is 0 Å². The Hall–Kier alpha value is -1.41. The molecule has 30 heavy (non-hydrogen) atoms. The summed E-state index contributed by atoms with van der Waals surface area (Å²) in [5.74, 6) is 2.59. The van der Waals surface area contributed by atoms with Gasteiger partial charge in [-0.3, -0.25) is 9.69 Å². The number of hydrogen-bond donors (Lipinski definition) is 1. The molecule has 0 aromatic heterocycles. The van der Waals surface area contributed by atoms with Gasteiger partial charge in [0.2, 0.25) is 11.7 Å². The summed E-state index contributed by atoms with van der Waals surface area (Å²) in [6.07, 6.45) is 3.90. The van der Waals surface area contributed by atoms with E-state index in [1.807, 2.05) is 17.0 Å². The molecule has 9 heteroatoms. The minimum atomic E-state index is 0. The first-order chi connectivity index (χ1) is 13.6. The van der Waals surface area contributed by atoms with Gasteiger partial charge in [-0.25, -0.2) is 0 Å². The molecule has 1 heterocycles. The van der Waals surface area contributed by atoms with E-state index in [-0.39, 0.29) is 36.8 Å². The minimum absolute atomic E-state index is 0. The second kappa shape index (κ2) is 12.4. The van der Waals surface area contributed by atoms with Crippen molar-refractivity contribution in [3.8, 4) is 17.2 Å². The van der Waals surface area contributed by atoms with Crippen LogP contribution in [0.1, 0.15) is 31.2 Å². The highest BCUT2D eigenvalue weighted by Crippen LogP contribution is 2.40. The van der Waals surface area contributed by atoms with E-state index in [1.54, 1.807) is 21.3 Å². The Balaban J connectivity index is 0.00000225. The summed E-state index contributed by atoms with van der Waals surface area (Å²) in [6.45, 7) is 3.96. The van der Waals surface area contributed by atoms with Crippen LogP contribution in [-0.4, -0.2) is 69.3 Å². The zero-order valence-corrected chi connectivity index (χ0v) is 19.7. The quantitative estimate of drug-likeness (QED) is 0.669. The molecule has 1 aromatic carbocycles. The van der Waals surface area contributed by atoms with Crippen LogP contribution in [0.5, 0.6) is 17.2 Å². The van der Waals surface area contributed by atoms with Gasteiger partial charge in [0.05, 0.1) is 21.3 Å². The fraction of sp³-hybridized carbons (Fsp3) is 0.667. The van der Waals surface area contributed by atoms with Crippen LogP contribution in [0, 0.1) is 5.92 Å². The SMILES string of the molecule is COc1ccc(CN2CCN(C(=O)C[C@@H]3CCC[C@H]3N)CC2)c(OC)c1OC.Cl.Cl. The van der Waals surface area contributed by atoms with Crippen molar-refractivity contribution in [3.63, 3.8) is 0 Å². The van der Waals surface area contributed by atoms with Gasteiger partial charge < -0.3 is 24.8 Å². The summed E-state index contributed by atoms with van der Waals surface area (Å²) in [5, 5.41) is 0. The predicted molar refractivity (Wildman–Crippen MR) is 122 cm³/mol. The number of carbonyl (C=O) groups excluding carboxylic acids is 1. The summed E-state index contributed by atoms with van der Waals surface area (Å²) in [4.78, 5) is 17.0. The van der Waals surface area contributed by atoms with E-state index in [0.29, 0.717) is 29.6 Å². The number of halogens is 2. The highest BCUT2D eigenvalue weighted by molar-refractivity contribution is 5.85. The Labute approximate surface area is 192 Å². The van der Waals surface area contributed by atoms with E-state index in [4.69, 9.17) is 19.9 Å². The minimum Gasteiger partial charge on any atom is -0.493 e. The largest absolute Gasteiger partial charge is 0.493 e. The highest BCUT2D eigenvalue weighted by atomic mass is 35.5. The van der Waals surface area contributed by atoms with Gasteiger partial charge in [0.1, 0.15) is 0 Å². The zero-order chi connectivity index (χ0) is 20.1. The van der Waals surface area contributed by atoms with E-state index in [9.17, 15) is 4.79 Å². The first-order valence-corrected chi connectivity index (χ1v) is 10.1. The second-order valence-corrected chi connectivity index (χ2v) is 7.71. The summed E-state index contributed by atoms with van der Waals surface area (Å²) in [7, 11) is 4.88. The van der Waals surface area contributed by atoms with Gasteiger partial charge in [0.15, 0.2) is 11.5 Å². The molecule has 0 radical (unpaired) electrons. The second-order valence-electron chi connectivity index (χ2n) is 7.71. The molecule has 1 saturated carbocycles. The first-order valence-electron chi connectivity index (χ1n) is 10.1. The molecule has 2 N–H and O–H groups in total. The zero-order valence-electron chi connectivity index (χ0n) is 18.1. The number of amides is 1. The Morgan fingerprint density at radius 1 is 1.00 bits per heavy atom. The number of rotatable bonds is 7. The Bertz CT molecular complexity index is 684. The smallest absolute Gasteiger partial charge is 0.222 e. The number of ether oxygens (including phenoxy) is 3. The molecule has 1 amide bonds. The van der Waals surface area contributed by atoms with Crippen LogP contribution in [0.25, 0.3) is 0 Å². The molecule has 0 spiro atoms. The van der Waals surface area contributed by atoms with Gasteiger partial charge in [-0.1, -0.05) is 12.5 Å². The fourth-order valence-corrected chi connectivity index (χ4v) is 4.36. The molecule has 172 valence electrons. The molecule has 0 unspecified atom stereocenters. The Kier molecular flexibility index (Phi) is 11.0. The molecule has 7 nitrogen and oxygen atoms in total. The van der Waals surface area contributed by atoms with Crippen molar-refractivity contribution in [2.24, 2.45) is 11.7 Å². The lowest BCUT2D eigenvalue weighted by Gasteiger charge is -2.35. The van der Waals surface area contributed by atoms with E-state index >= 15 is 0 Å². The fourth-order valence-electron chi connectivity index (χ4n) is 4.36.